The Morgan fingerprint density at radius 2 is 2.42 bits per heavy atom. The van der Waals surface area contributed by atoms with Crippen molar-refractivity contribution in [1.82, 2.24) is 4.98 Å². The lowest BCUT2D eigenvalue weighted by Gasteiger charge is -2.17. The van der Waals surface area contributed by atoms with Gasteiger partial charge in [0.25, 0.3) is 0 Å². The Kier molecular flexibility index (Phi) is 4.16. The van der Waals surface area contributed by atoms with Crippen molar-refractivity contribution in [3.63, 3.8) is 0 Å². The number of aromatic nitrogens is 1. The topological polar surface area (TPSA) is 103 Å². The molecule has 1 fully saturated rings. The fourth-order valence-electron chi connectivity index (χ4n) is 2.33. The van der Waals surface area contributed by atoms with Gasteiger partial charge in [-0.05, 0) is 18.9 Å². The van der Waals surface area contributed by atoms with Gasteiger partial charge >= 0.3 is 5.69 Å². The lowest BCUT2D eigenvalue weighted by molar-refractivity contribution is -0.384. The summed E-state index contributed by atoms with van der Waals surface area (Å²) in [6, 6.07) is 2.94. The number of nitrogen functional groups attached to an aromatic ring is 1. The maximum absolute atomic E-state index is 10.6. The maximum atomic E-state index is 10.6. The van der Waals surface area contributed by atoms with Crippen LogP contribution >= 0.6 is 0 Å². The number of ether oxygens (including phenoxy) is 1. The molecule has 104 valence electrons. The Labute approximate surface area is 111 Å². The summed E-state index contributed by atoms with van der Waals surface area (Å²) in [7, 11) is 0. The standard InChI is InChI=1S/C12H18N4O3/c1-2-10-8(5-6-19-10)7-14-11-4-3-9(16(17)18)12(13)15-11/h3-4,8,10H,2,5-7H2,1H3,(H3,13,14,15). The first kappa shape index (κ1) is 13.5. The lowest BCUT2D eigenvalue weighted by atomic mass is 10.00. The smallest absolute Gasteiger partial charge is 0.311 e. The lowest BCUT2D eigenvalue weighted by Crippen LogP contribution is -2.23. The van der Waals surface area contributed by atoms with Gasteiger partial charge in [0.05, 0.1) is 11.0 Å². The second-order valence-electron chi connectivity index (χ2n) is 4.61. The maximum Gasteiger partial charge on any atom is 0.311 e. The summed E-state index contributed by atoms with van der Waals surface area (Å²) in [5.41, 5.74) is 5.38. The highest BCUT2D eigenvalue weighted by Crippen LogP contribution is 2.25. The molecule has 1 aliphatic rings. The highest BCUT2D eigenvalue weighted by atomic mass is 16.6. The first-order chi connectivity index (χ1) is 9.11. The Hall–Kier alpha value is -1.89. The van der Waals surface area contributed by atoms with Crippen molar-refractivity contribution in [3.8, 4) is 0 Å². The van der Waals surface area contributed by atoms with E-state index in [9.17, 15) is 10.1 Å². The molecule has 3 N–H and O–H groups in total. The molecule has 1 aromatic heterocycles. The zero-order valence-electron chi connectivity index (χ0n) is 10.8. The third-order valence-electron chi connectivity index (χ3n) is 3.39. The van der Waals surface area contributed by atoms with Gasteiger partial charge in [0.1, 0.15) is 5.82 Å². The normalized spacial score (nSPS) is 22.4. The third kappa shape index (κ3) is 3.11. The Morgan fingerprint density at radius 3 is 3.05 bits per heavy atom. The van der Waals surface area contributed by atoms with Crippen LogP contribution in [0.15, 0.2) is 12.1 Å². The molecule has 1 aromatic rings. The summed E-state index contributed by atoms with van der Waals surface area (Å²) in [4.78, 5) is 14.1. The summed E-state index contributed by atoms with van der Waals surface area (Å²) in [6.45, 7) is 3.63. The number of nitrogens with two attached hydrogens (primary N) is 1. The molecule has 7 heteroatoms. The predicted octanol–water partition coefficient (Wildman–Crippen LogP) is 1.80. The Balaban J connectivity index is 1.96. The van der Waals surface area contributed by atoms with Gasteiger partial charge in [0.15, 0.2) is 0 Å². The van der Waals surface area contributed by atoms with E-state index in [1.54, 1.807) is 6.07 Å². The fraction of sp³-hybridized carbons (Fsp3) is 0.583. The van der Waals surface area contributed by atoms with Gasteiger partial charge in [0.2, 0.25) is 5.82 Å². The van der Waals surface area contributed by atoms with Gasteiger partial charge in [0, 0.05) is 25.1 Å². The van der Waals surface area contributed by atoms with E-state index in [1.165, 1.54) is 6.07 Å². The van der Waals surface area contributed by atoms with Crippen molar-refractivity contribution < 1.29 is 9.66 Å². The van der Waals surface area contributed by atoms with Gasteiger partial charge in [-0.3, -0.25) is 10.1 Å². The molecule has 0 amide bonds. The average molecular weight is 266 g/mol. The second-order valence-corrected chi connectivity index (χ2v) is 4.61. The van der Waals surface area contributed by atoms with E-state index in [0.717, 1.165) is 26.0 Å². The minimum Gasteiger partial charge on any atom is -0.378 e. The van der Waals surface area contributed by atoms with E-state index in [0.29, 0.717) is 11.7 Å². The van der Waals surface area contributed by atoms with Gasteiger partial charge in [-0.25, -0.2) is 4.98 Å². The largest absolute Gasteiger partial charge is 0.378 e. The van der Waals surface area contributed by atoms with Crippen LogP contribution in [-0.4, -0.2) is 29.2 Å². The Bertz CT molecular complexity index is 466. The molecule has 2 unspecified atom stereocenters. The number of nitrogens with zero attached hydrogens (tertiary/aromatic N) is 2. The van der Waals surface area contributed by atoms with Gasteiger partial charge in [-0.1, -0.05) is 6.92 Å². The van der Waals surface area contributed by atoms with Crippen molar-refractivity contribution in [2.75, 3.05) is 24.2 Å². The van der Waals surface area contributed by atoms with Crippen LogP contribution in [0.3, 0.4) is 0 Å². The van der Waals surface area contributed by atoms with Crippen LogP contribution in [0, 0.1) is 16.0 Å². The van der Waals surface area contributed by atoms with Crippen LogP contribution in [0.1, 0.15) is 19.8 Å². The van der Waals surface area contributed by atoms with Crippen LogP contribution in [0.4, 0.5) is 17.3 Å². The highest BCUT2D eigenvalue weighted by molar-refractivity contribution is 5.57. The van der Waals surface area contributed by atoms with Crippen LogP contribution < -0.4 is 11.1 Å². The molecule has 0 aromatic carbocycles. The van der Waals surface area contributed by atoms with E-state index in [-0.39, 0.29) is 17.6 Å². The SMILES string of the molecule is CCC1OCCC1CNc1ccc([N+](=O)[O-])c(N)n1. The van der Waals surface area contributed by atoms with E-state index >= 15 is 0 Å². The average Bonchev–Trinajstić information content (AvgIpc) is 2.83. The summed E-state index contributed by atoms with van der Waals surface area (Å²) in [5.74, 6) is 0.942. The molecule has 2 atom stereocenters. The molecule has 1 saturated heterocycles. The summed E-state index contributed by atoms with van der Waals surface area (Å²) in [6.07, 6.45) is 2.29. The minimum absolute atomic E-state index is 0.0651. The van der Waals surface area contributed by atoms with Crippen molar-refractivity contribution in [1.29, 1.82) is 0 Å². The minimum atomic E-state index is -0.538. The molecule has 0 aliphatic carbocycles. The van der Waals surface area contributed by atoms with Crippen LogP contribution in [0.25, 0.3) is 0 Å². The van der Waals surface area contributed by atoms with Crippen molar-refractivity contribution >= 4 is 17.3 Å². The molecule has 19 heavy (non-hydrogen) atoms. The molecule has 0 bridgehead atoms. The van der Waals surface area contributed by atoms with Crippen molar-refractivity contribution in [2.45, 2.75) is 25.9 Å². The van der Waals surface area contributed by atoms with Crippen molar-refractivity contribution in [3.05, 3.63) is 22.2 Å². The quantitative estimate of drug-likeness (QED) is 0.622. The summed E-state index contributed by atoms with van der Waals surface area (Å²) in [5, 5.41) is 13.8. The number of hydrogen-bond donors (Lipinski definition) is 2. The third-order valence-corrected chi connectivity index (χ3v) is 3.39. The number of hydrogen-bond acceptors (Lipinski definition) is 6. The van der Waals surface area contributed by atoms with E-state index in [4.69, 9.17) is 10.5 Å². The van der Waals surface area contributed by atoms with Crippen LogP contribution in [0.5, 0.6) is 0 Å². The van der Waals surface area contributed by atoms with Crippen LogP contribution in [-0.2, 0) is 4.74 Å². The molecule has 2 heterocycles. The predicted molar refractivity (Wildman–Crippen MR) is 71.9 cm³/mol. The van der Waals surface area contributed by atoms with E-state index in [2.05, 4.69) is 17.2 Å². The number of anilines is 2. The zero-order valence-corrected chi connectivity index (χ0v) is 10.8. The molecule has 1 aliphatic heterocycles. The molecule has 2 rings (SSSR count). The number of rotatable bonds is 5. The van der Waals surface area contributed by atoms with Gasteiger partial charge in [-0.15, -0.1) is 0 Å². The number of nitrogens with one attached hydrogen (secondary N) is 1. The zero-order chi connectivity index (χ0) is 13.8. The monoisotopic (exact) mass is 266 g/mol. The Morgan fingerprint density at radius 1 is 1.63 bits per heavy atom. The molecule has 0 saturated carbocycles. The molecule has 0 spiro atoms. The number of pyridine rings is 1. The highest BCUT2D eigenvalue weighted by Gasteiger charge is 2.26. The van der Waals surface area contributed by atoms with Gasteiger partial charge < -0.3 is 15.8 Å². The van der Waals surface area contributed by atoms with Gasteiger partial charge in [-0.2, -0.15) is 0 Å². The molecular formula is C12H18N4O3. The molecule has 7 nitrogen and oxygen atoms in total. The van der Waals surface area contributed by atoms with Crippen LogP contribution in [0.2, 0.25) is 0 Å². The molecular weight excluding hydrogens is 248 g/mol. The fourth-order valence-corrected chi connectivity index (χ4v) is 2.33. The van der Waals surface area contributed by atoms with Crippen molar-refractivity contribution in [2.24, 2.45) is 5.92 Å². The first-order valence-electron chi connectivity index (χ1n) is 6.38. The summed E-state index contributed by atoms with van der Waals surface area (Å²) >= 11 is 0. The molecule has 0 radical (unpaired) electrons. The number of nitro groups is 1. The first-order valence-corrected chi connectivity index (χ1v) is 6.38. The van der Waals surface area contributed by atoms with E-state index < -0.39 is 4.92 Å². The second kappa shape index (κ2) is 5.83. The van der Waals surface area contributed by atoms with E-state index in [1.807, 2.05) is 0 Å². The summed E-state index contributed by atoms with van der Waals surface area (Å²) < 4.78 is 5.60.